The molecule has 0 saturated carbocycles. The van der Waals surface area contributed by atoms with E-state index in [0.29, 0.717) is 17.1 Å². The zero-order chi connectivity index (χ0) is 12.5. The minimum Gasteiger partial charge on any atom is -0.480 e. The van der Waals surface area contributed by atoms with Gasteiger partial charge < -0.3 is 14.8 Å². The lowest BCUT2D eigenvalue weighted by molar-refractivity contribution is -0.138. The lowest BCUT2D eigenvalue weighted by atomic mass is 10.1. The molecule has 16 heavy (non-hydrogen) atoms. The second-order valence-corrected chi connectivity index (χ2v) is 3.75. The molecule has 2 N–H and O–H groups in total. The van der Waals surface area contributed by atoms with Gasteiger partial charge in [0.2, 0.25) is 0 Å². The standard InChI is InChI=1S/C11H15NO4/c1-5-7(3)16-8(4)9(5)10(13)12-6(2)11(14)15/h6H,1-4H3,(H,12,13)(H,14,15)/t6-/m0/s1. The van der Waals surface area contributed by atoms with Gasteiger partial charge in [0, 0.05) is 5.56 Å². The van der Waals surface area contributed by atoms with Gasteiger partial charge in [0.25, 0.3) is 5.91 Å². The van der Waals surface area contributed by atoms with E-state index in [1.165, 1.54) is 6.92 Å². The fourth-order valence-corrected chi connectivity index (χ4v) is 1.46. The predicted molar refractivity (Wildman–Crippen MR) is 57.5 cm³/mol. The molecule has 0 aromatic carbocycles. The van der Waals surface area contributed by atoms with Gasteiger partial charge in [-0.1, -0.05) is 0 Å². The molecule has 0 fully saturated rings. The Balaban J connectivity index is 2.93. The summed E-state index contributed by atoms with van der Waals surface area (Å²) >= 11 is 0. The van der Waals surface area contributed by atoms with Gasteiger partial charge in [-0.25, -0.2) is 0 Å². The Morgan fingerprint density at radius 2 is 1.81 bits per heavy atom. The number of carboxylic acids is 1. The number of furan rings is 1. The first-order valence-electron chi connectivity index (χ1n) is 4.94. The first kappa shape index (κ1) is 12.3. The van der Waals surface area contributed by atoms with Crippen LogP contribution in [0.1, 0.15) is 34.4 Å². The molecule has 0 unspecified atom stereocenters. The summed E-state index contributed by atoms with van der Waals surface area (Å²) in [5.41, 5.74) is 1.16. The van der Waals surface area contributed by atoms with Gasteiger partial charge in [-0.05, 0) is 27.7 Å². The molecule has 1 rings (SSSR count). The maximum atomic E-state index is 11.8. The van der Waals surface area contributed by atoms with Crippen LogP contribution in [0.15, 0.2) is 4.42 Å². The van der Waals surface area contributed by atoms with Crippen LogP contribution in [0.25, 0.3) is 0 Å². The quantitative estimate of drug-likeness (QED) is 0.815. The Bertz CT molecular complexity index is 433. The summed E-state index contributed by atoms with van der Waals surface area (Å²) in [6.07, 6.45) is 0. The summed E-state index contributed by atoms with van der Waals surface area (Å²) in [5.74, 6) is -0.304. The van der Waals surface area contributed by atoms with Crippen molar-refractivity contribution in [2.24, 2.45) is 0 Å². The molecule has 5 heteroatoms. The van der Waals surface area contributed by atoms with Crippen molar-refractivity contribution in [3.05, 3.63) is 22.6 Å². The summed E-state index contributed by atoms with van der Waals surface area (Å²) in [6, 6.07) is -0.915. The maximum absolute atomic E-state index is 11.8. The van der Waals surface area contributed by atoms with Gasteiger partial charge in [0.05, 0.1) is 5.56 Å². The van der Waals surface area contributed by atoms with Gasteiger partial charge in [-0.3, -0.25) is 9.59 Å². The van der Waals surface area contributed by atoms with E-state index in [2.05, 4.69) is 5.32 Å². The molecule has 0 aliphatic carbocycles. The van der Waals surface area contributed by atoms with Crippen molar-refractivity contribution in [1.29, 1.82) is 0 Å². The van der Waals surface area contributed by atoms with E-state index < -0.39 is 17.9 Å². The molecule has 1 amide bonds. The smallest absolute Gasteiger partial charge is 0.325 e. The van der Waals surface area contributed by atoms with Crippen LogP contribution in [0.3, 0.4) is 0 Å². The van der Waals surface area contributed by atoms with E-state index in [1.807, 2.05) is 0 Å². The molecule has 1 aromatic rings. The normalized spacial score (nSPS) is 12.2. The Morgan fingerprint density at radius 1 is 1.25 bits per heavy atom. The summed E-state index contributed by atoms with van der Waals surface area (Å²) in [6.45, 7) is 6.63. The van der Waals surface area contributed by atoms with Crippen LogP contribution in [0, 0.1) is 20.8 Å². The van der Waals surface area contributed by atoms with Crippen LogP contribution in [-0.2, 0) is 4.79 Å². The number of carbonyl (C=O) groups excluding carboxylic acids is 1. The molecule has 1 aromatic heterocycles. The minimum atomic E-state index is -1.07. The number of hydrogen-bond donors (Lipinski definition) is 2. The van der Waals surface area contributed by atoms with E-state index in [9.17, 15) is 9.59 Å². The zero-order valence-electron chi connectivity index (χ0n) is 9.75. The van der Waals surface area contributed by atoms with Gasteiger partial charge >= 0.3 is 5.97 Å². The van der Waals surface area contributed by atoms with E-state index in [1.54, 1.807) is 20.8 Å². The fourth-order valence-electron chi connectivity index (χ4n) is 1.46. The van der Waals surface area contributed by atoms with Gasteiger partial charge in [0.15, 0.2) is 0 Å². The molecule has 1 atom stereocenters. The van der Waals surface area contributed by atoms with E-state index >= 15 is 0 Å². The number of aryl methyl sites for hydroxylation is 2. The third-order valence-electron chi connectivity index (χ3n) is 2.51. The van der Waals surface area contributed by atoms with Crippen LogP contribution in [0.5, 0.6) is 0 Å². The summed E-state index contributed by atoms with van der Waals surface area (Å²) in [7, 11) is 0. The molecule has 0 aliphatic heterocycles. The Labute approximate surface area is 93.4 Å². The molecular weight excluding hydrogens is 210 g/mol. The van der Waals surface area contributed by atoms with Gasteiger partial charge in [0.1, 0.15) is 17.6 Å². The first-order valence-corrected chi connectivity index (χ1v) is 4.94. The van der Waals surface area contributed by atoms with Crippen LogP contribution in [-0.4, -0.2) is 23.0 Å². The number of nitrogens with one attached hydrogen (secondary N) is 1. The zero-order valence-corrected chi connectivity index (χ0v) is 9.75. The molecule has 0 bridgehead atoms. The van der Waals surface area contributed by atoms with Crippen molar-refractivity contribution in [1.82, 2.24) is 5.32 Å². The highest BCUT2D eigenvalue weighted by atomic mass is 16.4. The second kappa shape index (κ2) is 4.38. The monoisotopic (exact) mass is 225 g/mol. The average molecular weight is 225 g/mol. The lowest BCUT2D eigenvalue weighted by Crippen LogP contribution is -2.38. The first-order chi connectivity index (χ1) is 7.34. The number of amides is 1. The molecule has 0 saturated heterocycles. The molecule has 0 spiro atoms. The molecule has 5 nitrogen and oxygen atoms in total. The summed E-state index contributed by atoms with van der Waals surface area (Å²) < 4.78 is 5.30. The molecular formula is C11H15NO4. The number of aliphatic carboxylic acids is 1. The second-order valence-electron chi connectivity index (χ2n) is 3.75. The topological polar surface area (TPSA) is 79.5 Å². The molecule has 1 heterocycles. The highest BCUT2D eigenvalue weighted by Gasteiger charge is 2.21. The SMILES string of the molecule is Cc1oc(C)c(C(=O)N[C@@H](C)C(=O)O)c1C. The van der Waals surface area contributed by atoms with Crippen molar-refractivity contribution < 1.29 is 19.1 Å². The summed E-state index contributed by atoms with van der Waals surface area (Å²) in [5, 5.41) is 11.1. The van der Waals surface area contributed by atoms with Crippen LogP contribution < -0.4 is 5.32 Å². The van der Waals surface area contributed by atoms with E-state index in [-0.39, 0.29) is 0 Å². The molecule has 88 valence electrons. The van der Waals surface area contributed by atoms with E-state index in [4.69, 9.17) is 9.52 Å². The number of carboxylic acid groups (broad SMARTS) is 1. The largest absolute Gasteiger partial charge is 0.480 e. The minimum absolute atomic E-state index is 0.415. The number of hydrogen-bond acceptors (Lipinski definition) is 3. The van der Waals surface area contributed by atoms with Crippen molar-refractivity contribution >= 4 is 11.9 Å². The van der Waals surface area contributed by atoms with Crippen LogP contribution in [0.2, 0.25) is 0 Å². The van der Waals surface area contributed by atoms with Crippen LogP contribution in [0.4, 0.5) is 0 Å². The average Bonchev–Trinajstić information content (AvgIpc) is 2.40. The Morgan fingerprint density at radius 3 is 2.19 bits per heavy atom. The fraction of sp³-hybridized carbons (Fsp3) is 0.455. The number of rotatable bonds is 3. The number of carbonyl (C=O) groups is 2. The highest BCUT2D eigenvalue weighted by molar-refractivity contribution is 5.98. The van der Waals surface area contributed by atoms with Crippen LogP contribution >= 0.6 is 0 Å². The molecule has 0 radical (unpaired) electrons. The Kier molecular flexibility index (Phi) is 3.37. The third-order valence-corrected chi connectivity index (χ3v) is 2.51. The van der Waals surface area contributed by atoms with Gasteiger partial charge in [-0.15, -0.1) is 0 Å². The van der Waals surface area contributed by atoms with Gasteiger partial charge in [-0.2, -0.15) is 0 Å². The lowest BCUT2D eigenvalue weighted by Gasteiger charge is -2.08. The van der Waals surface area contributed by atoms with Crippen molar-refractivity contribution in [2.75, 3.05) is 0 Å². The van der Waals surface area contributed by atoms with Crippen molar-refractivity contribution in [3.63, 3.8) is 0 Å². The van der Waals surface area contributed by atoms with Crippen molar-refractivity contribution in [3.8, 4) is 0 Å². The highest BCUT2D eigenvalue weighted by Crippen LogP contribution is 2.20. The Hall–Kier alpha value is -1.78. The van der Waals surface area contributed by atoms with Crippen molar-refractivity contribution in [2.45, 2.75) is 33.7 Å². The molecule has 0 aliphatic rings. The maximum Gasteiger partial charge on any atom is 0.325 e. The third kappa shape index (κ3) is 2.24. The predicted octanol–water partition coefficient (Wildman–Crippen LogP) is 1.41. The summed E-state index contributed by atoms with van der Waals surface area (Å²) in [4.78, 5) is 22.4. The van der Waals surface area contributed by atoms with E-state index in [0.717, 1.165) is 5.56 Å².